The number of rotatable bonds is 6. The molecule has 7 heteroatoms. The molecule has 0 aliphatic rings. The van der Waals surface area contributed by atoms with Crippen LogP contribution in [-0.4, -0.2) is 15.6 Å². The van der Waals surface area contributed by atoms with Crippen molar-refractivity contribution in [2.45, 2.75) is 13.5 Å². The number of aryl methyl sites for hydroxylation is 2. The molecule has 0 bridgehead atoms. The first kappa shape index (κ1) is 18.3. The molecule has 2 heterocycles. The van der Waals surface area contributed by atoms with Crippen molar-refractivity contribution in [3.63, 3.8) is 0 Å². The van der Waals surface area contributed by atoms with Crippen LogP contribution in [0.4, 0.5) is 0 Å². The first-order chi connectivity index (χ1) is 12.4. The average Bonchev–Trinajstić information content (AvgIpc) is 3.19. The summed E-state index contributed by atoms with van der Waals surface area (Å²) in [6.07, 6.45) is 4.78. The Hall–Kier alpha value is -2.50. The summed E-state index contributed by atoms with van der Waals surface area (Å²) in [5, 5.41) is 5.06. The van der Waals surface area contributed by atoms with Crippen molar-refractivity contribution in [3.05, 3.63) is 75.4 Å². The number of allylic oxidation sites excluding steroid dienone is 1. The molecule has 134 valence electrons. The smallest absolute Gasteiger partial charge is 0.189 e. The Balaban J connectivity index is 1.61. The zero-order valence-electron chi connectivity index (χ0n) is 14.2. The van der Waals surface area contributed by atoms with Gasteiger partial charge in [-0.2, -0.15) is 5.10 Å². The minimum Gasteiger partial charge on any atom is -0.486 e. The van der Waals surface area contributed by atoms with Crippen molar-refractivity contribution >= 4 is 35.1 Å². The monoisotopic (exact) mass is 390 g/mol. The number of ether oxygens (including phenoxy) is 1. The summed E-state index contributed by atoms with van der Waals surface area (Å²) < 4.78 is 12.9. The molecular formula is C19H16Cl2N2O3. The molecule has 0 N–H and O–H groups in total. The second-order valence-corrected chi connectivity index (χ2v) is 6.48. The SMILES string of the molecule is Cc1nn(C)cc1C(=O)/C=C/c1ccc(COc2ccc(Cl)c(Cl)c2)o1. The molecule has 0 unspecified atom stereocenters. The summed E-state index contributed by atoms with van der Waals surface area (Å²) in [6, 6.07) is 8.60. The van der Waals surface area contributed by atoms with Gasteiger partial charge in [0, 0.05) is 19.3 Å². The first-order valence-electron chi connectivity index (χ1n) is 7.81. The molecule has 0 saturated heterocycles. The molecule has 0 aliphatic carbocycles. The zero-order chi connectivity index (χ0) is 18.7. The van der Waals surface area contributed by atoms with Crippen molar-refractivity contribution in [1.82, 2.24) is 9.78 Å². The van der Waals surface area contributed by atoms with Gasteiger partial charge < -0.3 is 9.15 Å². The first-order valence-corrected chi connectivity index (χ1v) is 8.57. The molecule has 1 aromatic carbocycles. The van der Waals surface area contributed by atoms with E-state index in [9.17, 15) is 4.79 Å². The number of aromatic nitrogens is 2. The predicted molar refractivity (Wildman–Crippen MR) is 101 cm³/mol. The normalized spacial score (nSPS) is 11.2. The number of halogens is 2. The lowest BCUT2D eigenvalue weighted by molar-refractivity contribution is 0.104. The third kappa shape index (κ3) is 4.36. The molecule has 0 amide bonds. The fraction of sp³-hybridized carbons (Fsp3) is 0.158. The summed E-state index contributed by atoms with van der Waals surface area (Å²) in [6.45, 7) is 2.04. The Morgan fingerprint density at radius 2 is 2.08 bits per heavy atom. The van der Waals surface area contributed by atoms with Gasteiger partial charge in [0.1, 0.15) is 23.9 Å². The van der Waals surface area contributed by atoms with Gasteiger partial charge in [0.25, 0.3) is 0 Å². The van der Waals surface area contributed by atoms with Crippen LogP contribution < -0.4 is 4.74 Å². The van der Waals surface area contributed by atoms with E-state index >= 15 is 0 Å². The molecule has 0 fully saturated rings. The number of benzene rings is 1. The number of carbonyl (C=O) groups excluding carboxylic acids is 1. The lowest BCUT2D eigenvalue weighted by Gasteiger charge is -2.05. The van der Waals surface area contributed by atoms with E-state index < -0.39 is 0 Å². The van der Waals surface area contributed by atoms with Crippen molar-refractivity contribution in [3.8, 4) is 5.75 Å². The topological polar surface area (TPSA) is 57.3 Å². The van der Waals surface area contributed by atoms with Crippen LogP contribution in [0.3, 0.4) is 0 Å². The van der Waals surface area contributed by atoms with E-state index in [0.717, 1.165) is 0 Å². The Bertz CT molecular complexity index is 973. The van der Waals surface area contributed by atoms with Crippen LogP contribution in [0.15, 0.2) is 47.0 Å². The van der Waals surface area contributed by atoms with Gasteiger partial charge in [-0.3, -0.25) is 9.48 Å². The number of carbonyl (C=O) groups is 1. The van der Waals surface area contributed by atoms with Gasteiger partial charge in [-0.25, -0.2) is 0 Å². The number of nitrogens with zero attached hydrogens (tertiary/aromatic N) is 2. The molecule has 3 aromatic rings. The van der Waals surface area contributed by atoms with Gasteiger partial charge in [-0.05, 0) is 43.3 Å². The molecule has 2 aromatic heterocycles. The molecular weight excluding hydrogens is 375 g/mol. The molecule has 5 nitrogen and oxygen atoms in total. The third-order valence-corrected chi connectivity index (χ3v) is 4.37. The summed E-state index contributed by atoms with van der Waals surface area (Å²) in [4.78, 5) is 12.2. The molecule has 26 heavy (non-hydrogen) atoms. The van der Waals surface area contributed by atoms with E-state index in [0.29, 0.717) is 38.6 Å². The van der Waals surface area contributed by atoms with E-state index in [1.165, 1.54) is 6.08 Å². The van der Waals surface area contributed by atoms with Crippen LogP contribution in [0.2, 0.25) is 10.0 Å². The van der Waals surface area contributed by atoms with Crippen molar-refractivity contribution in [2.75, 3.05) is 0 Å². The van der Waals surface area contributed by atoms with Crippen molar-refractivity contribution in [1.29, 1.82) is 0 Å². The molecule has 0 atom stereocenters. The maximum atomic E-state index is 12.2. The molecule has 0 spiro atoms. The summed E-state index contributed by atoms with van der Waals surface area (Å²) in [5.74, 6) is 1.66. The highest BCUT2D eigenvalue weighted by Crippen LogP contribution is 2.27. The highest BCUT2D eigenvalue weighted by molar-refractivity contribution is 6.42. The summed E-state index contributed by atoms with van der Waals surface area (Å²) in [5.41, 5.74) is 1.26. The Morgan fingerprint density at radius 3 is 2.77 bits per heavy atom. The van der Waals surface area contributed by atoms with Crippen molar-refractivity contribution < 1.29 is 13.9 Å². The molecule has 3 rings (SSSR count). The second kappa shape index (κ2) is 7.81. The number of hydrogen-bond donors (Lipinski definition) is 0. The van der Waals surface area contributed by atoms with Gasteiger partial charge in [0.15, 0.2) is 5.78 Å². The van der Waals surface area contributed by atoms with Gasteiger partial charge in [0.2, 0.25) is 0 Å². The Kier molecular flexibility index (Phi) is 5.49. The van der Waals surface area contributed by atoms with Gasteiger partial charge in [-0.1, -0.05) is 23.2 Å². The lowest BCUT2D eigenvalue weighted by atomic mass is 10.1. The minimum absolute atomic E-state index is 0.124. The molecule has 0 aliphatic heterocycles. The third-order valence-electron chi connectivity index (χ3n) is 3.63. The highest BCUT2D eigenvalue weighted by Gasteiger charge is 2.10. The largest absolute Gasteiger partial charge is 0.486 e. The lowest BCUT2D eigenvalue weighted by Crippen LogP contribution is -1.94. The number of furan rings is 1. The van der Waals surface area contributed by atoms with Crippen LogP contribution in [-0.2, 0) is 13.7 Å². The average molecular weight is 391 g/mol. The maximum absolute atomic E-state index is 12.2. The fourth-order valence-corrected chi connectivity index (χ4v) is 2.66. The van der Waals surface area contributed by atoms with Crippen LogP contribution in [0, 0.1) is 6.92 Å². The van der Waals surface area contributed by atoms with Gasteiger partial charge in [0.05, 0.1) is 21.3 Å². The minimum atomic E-state index is -0.124. The molecule has 0 saturated carbocycles. The van der Waals surface area contributed by atoms with E-state index in [4.69, 9.17) is 32.4 Å². The van der Waals surface area contributed by atoms with Gasteiger partial charge >= 0.3 is 0 Å². The standard InChI is InChI=1S/C19H16Cl2N2O3/c1-12-16(10-23(2)22-12)19(24)8-6-13-3-4-15(26-13)11-25-14-5-7-17(20)18(21)9-14/h3-10H,11H2,1-2H3/b8-6+. The fourth-order valence-electron chi connectivity index (χ4n) is 2.37. The Labute approximate surface area is 160 Å². The predicted octanol–water partition coefficient (Wildman–Crippen LogP) is 5.10. The Morgan fingerprint density at radius 1 is 1.27 bits per heavy atom. The number of hydrogen-bond acceptors (Lipinski definition) is 4. The van der Waals surface area contributed by atoms with Crippen LogP contribution in [0.5, 0.6) is 5.75 Å². The summed E-state index contributed by atoms with van der Waals surface area (Å²) in [7, 11) is 1.78. The van der Waals surface area contributed by atoms with Gasteiger partial charge in [-0.15, -0.1) is 0 Å². The van der Waals surface area contributed by atoms with E-state index in [1.54, 1.807) is 61.3 Å². The highest BCUT2D eigenvalue weighted by atomic mass is 35.5. The van der Waals surface area contributed by atoms with Crippen LogP contribution in [0.25, 0.3) is 6.08 Å². The second-order valence-electron chi connectivity index (χ2n) is 5.67. The van der Waals surface area contributed by atoms with E-state index in [1.807, 2.05) is 0 Å². The van der Waals surface area contributed by atoms with E-state index in [2.05, 4.69) is 5.10 Å². The quantitative estimate of drug-likeness (QED) is 0.433. The number of ketones is 1. The van der Waals surface area contributed by atoms with Crippen molar-refractivity contribution in [2.24, 2.45) is 7.05 Å². The van der Waals surface area contributed by atoms with Crippen LogP contribution >= 0.6 is 23.2 Å². The zero-order valence-corrected chi connectivity index (χ0v) is 15.7. The summed E-state index contributed by atoms with van der Waals surface area (Å²) >= 11 is 11.8. The van der Waals surface area contributed by atoms with Crippen LogP contribution in [0.1, 0.15) is 27.6 Å². The molecule has 0 radical (unpaired) electrons. The maximum Gasteiger partial charge on any atom is 0.189 e. The van der Waals surface area contributed by atoms with E-state index in [-0.39, 0.29) is 12.4 Å².